The second kappa shape index (κ2) is 8.92. The number of carbonyl (C=O) groups is 2. The molecule has 0 spiro atoms. The fourth-order valence-corrected chi connectivity index (χ4v) is 2.54. The molecule has 0 aromatic heterocycles. The number of carbonyl (C=O) groups excluding carboxylic acids is 2. The minimum absolute atomic E-state index is 0. The van der Waals surface area contributed by atoms with Gasteiger partial charge in [0, 0.05) is 38.1 Å². The Balaban J connectivity index is 0.00000361. The normalized spacial score (nSPS) is 15.2. The van der Waals surface area contributed by atoms with E-state index in [2.05, 4.69) is 37.9 Å². The maximum Gasteiger partial charge on any atom is 0.239 e. The van der Waals surface area contributed by atoms with Crippen LogP contribution in [0.5, 0.6) is 0 Å². The molecule has 1 fully saturated rings. The zero-order chi connectivity index (χ0) is 14.4. The maximum atomic E-state index is 11.7. The third kappa shape index (κ3) is 5.88. The third-order valence-corrected chi connectivity index (χ3v) is 3.52. The molecule has 6 heteroatoms. The summed E-state index contributed by atoms with van der Waals surface area (Å²) in [5, 5.41) is 2.90. The molecule has 1 heterocycles. The molecule has 0 atom stereocenters. The fraction of sp³-hybridized carbons (Fsp3) is 0.857. The molecule has 1 aliphatic rings. The minimum Gasteiger partial charge on any atom is -0.412 e. The molecular formula is C14H29N3O3. The molecule has 1 saturated heterocycles. The topological polar surface area (TPSA) is 84.2 Å². The standard InChI is InChI=1S/C14H27N3O2.H2O/c1-11(2)17(12(3)4)9-7-15-13(18)10-16-8-5-6-14(16)19;/h11-12H,5-10H2,1-4H3,(H,15,18);1H2. The van der Waals surface area contributed by atoms with Crippen molar-refractivity contribution in [3.8, 4) is 0 Å². The first kappa shape index (κ1) is 18.9. The molecule has 0 unspecified atom stereocenters. The molecule has 6 nitrogen and oxygen atoms in total. The van der Waals surface area contributed by atoms with E-state index in [9.17, 15) is 9.59 Å². The summed E-state index contributed by atoms with van der Waals surface area (Å²) in [5.41, 5.74) is 0. The van der Waals surface area contributed by atoms with Gasteiger partial charge in [0.15, 0.2) is 0 Å². The van der Waals surface area contributed by atoms with Gasteiger partial charge in [0.1, 0.15) is 0 Å². The molecule has 118 valence electrons. The highest BCUT2D eigenvalue weighted by molar-refractivity contribution is 5.85. The first-order valence-electron chi connectivity index (χ1n) is 7.22. The highest BCUT2D eigenvalue weighted by Crippen LogP contribution is 2.08. The number of rotatable bonds is 7. The van der Waals surface area contributed by atoms with E-state index in [-0.39, 0.29) is 23.8 Å². The Kier molecular flexibility index (Phi) is 8.41. The Morgan fingerprint density at radius 1 is 1.30 bits per heavy atom. The Bertz CT molecular complexity index is 311. The molecule has 0 radical (unpaired) electrons. The van der Waals surface area contributed by atoms with Crippen molar-refractivity contribution in [1.29, 1.82) is 0 Å². The third-order valence-electron chi connectivity index (χ3n) is 3.52. The molecule has 2 amide bonds. The van der Waals surface area contributed by atoms with Gasteiger partial charge in [0.25, 0.3) is 0 Å². The van der Waals surface area contributed by atoms with E-state index in [1.165, 1.54) is 0 Å². The predicted molar refractivity (Wildman–Crippen MR) is 79.4 cm³/mol. The van der Waals surface area contributed by atoms with Gasteiger partial charge in [-0.1, -0.05) is 0 Å². The predicted octanol–water partition coefficient (Wildman–Crippen LogP) is 0.0191. The van der Waals surface area contributed by atoms with E-state index in [4.69, 9.17) is 0 Å². The highest BCUT2D eigenvalue weighted by atomic mass is 16.2. The summed E-state index contributed by atoms with van der Waals surface area (Å²) in [4.78, 5) is 27.1. The second-order valence-corrected chi connectivity index (χ2v) is 5.69. The monoisotopic (exact) mass is 287 g/mol. The number of nitrogens with zero attached hydrogens (tertiary/aromatic N) is 2. The van der Waals surface area contributed by atoms with Gasteiger partial charge in [-0.2, -0.15) is 0 Å². The van der Waals surface area contributed by atoms with E-state index >= 15 is 0 Å². The van der Waals surface area contributed by atoms with Crippen molar-refractivity contribution < 1.29 is 15.1 Å². The van der Waals surface area contributed by atoms with E-state index < -0.39 is 0 Å². The summed E-state index contributed by atoms with van der Waals surface area (Å²) in [6.45, 7) is 11.0. The Morgan fingerprint density at radius 3 is 2.35 bits per heavy atom. The lowest BCUT2D eigenvalue weighted by Crippen LogP contribution is -2.44. The van der Waals surface area contributed by atoms with Crippen LogP contribution < -0.4 is 5.32 Å². The minimum atomic E-state index is -0.0530. The van der Waals surface area contributed by atoms with Crippen LogP contribution >= 0.6 is 0 Å². The number of hydrogen-bond donors (Lipinski definition) is 1. The summed E-state index contributed by atoms with van der Waals surface area (Å²) >= 11 is 0. The van der Waals surface area contributed by atoms with Gasteiger partial charge in [0.05, 0.1) is 6.54 Å². The average molecular weight is 287 g/mol. The molecule has 0 saturated carbocycles. The van der Waals surface area contributed by atoms with Crippen LogP contribution in [0.25, 0.3) is 0 Å². The molecular weight excluding hydrogens is 258 g/mol. The van der Waals surface area contributed by atoms with Crippen LogP contribution in [0.3, 0.4) is 0 Å². The molecule has 0 bridgehead atoms. The highest BCUT2D eigenvalue weighted by Gasteiger charge is 2.22. The largest absolute Gasteiger partial charge is 0.412 e. The molecule has 3 N–H and O–H groups in total. The van der Waals surface area contributed by atoms with Gasteiger partial charge < -0.3 is 15.7 Å². The summed E-state index contributed by atoms with van der Waals surface area (Å²) in [6, 6.07) is 0.939. The van der Waals surface area contributed by atoms with E-state index in [0.29, 0.717) is 25.0 Å². The number of amides is 2. The van der Waals surface area contributed by atoms with Crippen molar-refractivity contribution in [2.24, 2.45) is 0 Å². The summed E-state index contributed by atoms with van der Waals surface area (Å²) in [5.74, 6) is 0.0452. The van der Waals surface area contributed by atoms with Crippen molar-refractivity contribution in [3.63, 3.8) is 0 Å². The second-order valence-electron chi connectivity index (χ2n) is 5.69. The lowest BCUT2D eigenvalue weighted by molar-refractivity contribution is -0.133. The molecule has 0 aliphatic carbocycles. The SMILES string of the molecule is CC(C)N(CCNC(=O)CN1CCCC1=O)C(C)C.O. The van der Waals surface area contributed by atoms with E-state index in [1.54, 1.807) is 4.90 Å². The lowest BCUT2D eigenvalue weighted by atomic mass is 10.2. The Morgan fingerprint density at radius 2 is 1.90 bits per heavy atom. The van der Waals surface area contributed by atoms with Crippen LogP contribution in [0.2, 0.25) is 0 Å². The molecule has 0 aromatic carbocycles. The zero-order valence-electron chi connectivity index (χ0n) is 13.1. The van der Waals surface area contributed by atoms with E-state index in [0.717, 1.165) is 19.5 Å². The maximum absolute atomic E-state index is 11.7. The summed E-state index contributed by atoms with van der Waals surface area (Å²) in [6.07, 6.45) is 1.46. The zero-order valence-corrected chi connectivity index (χ0v) is 13.1. The first-order valence-corrected chi connectivity index (χ1v) is 7.22. The summed E-state index contributed by atoms with van der Waals surface area (Å²) in [7, 11) is 0. The molecule has 1 rings (SSSR count). The molecule has 0 aromatic rings. The quantitative estimate of drug-likeness (QED) is 0.716. The smallest absolute Gasteiger partial charge is 0.239 e. The summed E-state index contributed by atoms with van der Waals surface area (Å²) < 4.78 is 0. The van der Waals surface area contributed by atoms with Crippen molar-refractivity contribution in [2.75, 3.05) is 26.2 Å². The van der Waals surface area contributed by atoms with Crippen molar-refractivity contribution in [1.82, 2.24) is 15.1 Å². The van der Waals surface area contributed by atoms with E-state index in [1.807, 2.05) is 0 Å². The first-order chi connectivity index (χ1) is 8.91. The van der Waals surface area contributed by atoms with Crippen LogP contribution in [-0.2, 0) is 9.59 Å². The van der Waals surface area contributed by atoms with Gasteiger partial charge in [-0.05, 0) is 34.1 Å². The number of nitrogens with one attached hydrogen (secondary N) is 1. The molecule has 20 heavy (non-hydrogen) atoms. The van der Waals surface area contributed by atoms with Crippen LogP contribution in [-0.4, -0.2) is 65.4 Å². The Hall–Kier alpha value is -1.14. The van der Waals surface area contributed by atoms with Gasteiger partial charge in [0.2, 0.25) is 11.8 Å². The Labute approximate surface area is 121 Å². The average Bonchev–Trinajstić information content (AvgIpc) is 2.69. The fourth-order valence-electron chi connectivity index (χ4n) is 2.54. The number of likely N-dealkylation sites (tertiary alicyclic amines) is 1. The van der Waals surface area contributed by atoms with Crippen LogP contribution in [0, 0.1) is 0 Å². The van der Waals surface area contributed by atoms with Crippen LogP contribution in [0.1, 0.15) is 40.5 Å². The van der Waals surface area contributed by atoms with Gasteiger partial charge in [-0.3, -0.25) is 14.5 Å². The van der Waals surface area contributed by atoms with Gasteiger partial charge in [-0.25, -0.2) is 0 Å². The van der Waals surface area contributed by atoms with Crippen LogP contribution in [0.4, 0.5) is 0 Å². The van der Waals surface area contributed by atoms with Crippen molar-refractivity contribution in [3.05, 3.63) is 0 Å². The van der Waals surface area contributed by atoms with Crippen molar-refractivity contribution in [2.45, 2.75) is 52.6 Å². The van der Waals surface area contributed by atoms with Crippen molar-refractivity contribution >= 4 is 11.8 Å². The van der Waals surface area contributed by atoms with Gasteiger partial charge >= 0.3 is 0 Å². The lowest BCUT2D eigenvalue weighted by Gasteiger charge is -2.30. The van der Waals surface area contributed by atoms with Crippen LogP contribution in [0.15, 0.2) is 0 Å². The molecule has 1 aliphatic heterocycles. The number of hydrogen-bond acceptors (Lipinski definition) is 3. The van der Waals surface area contributed by atoms with Gasteiger partial charge in [-0.15, -0.1) is 0 Å².